The number of hydrogen-bond donors (Lipinski definition) is 0. The summed E-state index contributed by atoms with van der Waals surface area (Å²) in [5, 5.41) is 0. The van der Waals surface area contributed by atoms with Gasteiger partial charge in [0.2, 0.25) is 0 Å². The molecule has 0 aliphatic carbocycles. The van der Waals surface area contributed by atoms with Crippen LogP contribution in [0.3, 0.4) is 0 Å². The molecule has 1 amide bonds. The third kappa shape index (κ3) is 2.16. The lowest BCUT2D eigenvalue weighted by Gasteiger charge is -2.23. The first kappa shape index (κ1) is 10.5. The van der Waals surface area contributed by atoms with Gasteiger partial charge in [0.25, 0.3) is 5.91 Å². The van der Waals surface area contributed by atoms with Crippen LogP contribution in [0.15, 0.2) is 30.5 Å². The summed E-state index contributed by atoms with van der Waals surface area (Å²) >= 11 is 11.1. The zero-order valence-corrected chi connectivity index (χ0v) is 9.37. The summed E-state index contributed by atoms with van der Waals surface area (Å²) in [6.07, 6.45) is 3.59. The predicted octanol–water partition coefficient (Wildman–Crippen LogP) is 2.80. The first-order valence-corrected chi connectivity index (χ1v) is 5.40. The summed E-state index contributed by atoms with van der Waals surface area (Å²) < 4.78 is 0. The number of alkyl halides is 2. The highest BCUT2D eigenvalue weighted by atomic mass is 35.5. The van der Waals surface area contributed by atoms with Gasteiger partial charge >= 0.3 is 0 Å². The van der Waals surface area contributed by atoms with E-state index in [0.717, 1.165) is 11.1 Å². The molecule has 0 aromatic heterocycles. The van der Waals surface area contributed by atoms with Crippen molar-refractivity contribution in [3.63, 3.8) is 0 Å². The first-order chi connectivity index (χ1) is 7.18. The van der Waals surface area contributed by atoms with E-state index in [4.69, 9.17) is 23.2 Å². The minimum Gasteiger partial charge on any atom is -0.312 e. The topological polar surface area (TPSA) is 20.3 Å². The van der Waals surface area contributed by atoms with Gasteiger partial charge in [0.15, 0.2) is 4.84 Å². The molecule has 0 saturated heterocycles. The van der Waals surface area contributed by atoms with E-state index >= 15 is 0 Å². The Balaban J connectivity index is 2.23. The number of amides is 1. The molecule has 0 N–H and O–H groups in total. The molecule has 1 heterocycles. The molecule has 15 heavy (non-hydrogen) atoms. The van der Waals surface area contributed by atoms with Crippen LogP contribution in [-0.2, 0) is 11.3 Å². The van der Waals surface area contributed by atoms with Gasteiger partial charge < -0.3 is 4.90 Å². The largest absolute Gasteiger partial charge is 0.312 e. The van der Waals surface area contributed by atoms with Crippen molar-refractivity contribution < 1.29 is 4.79 Å². The van der Waals surface area contributed by atoms with E-state index in [0.29, 0.717) is 6.54 Å². The van der Waals surface area contributed by atoms with Gasteiger partial charge in [-0.15, -0.1) is 0 Å². The van der Waals surface area contributed by atoms with Gasteiger partial charge in [-0.2, -0.15) is 0 Å². The lowest BCUT2D eigenvalue weighted by Crippen LogP contribution is -2.31. The zero-order valence-electron chi connectivity index (χ0n) is 7.86. The van der Waals surface area contributed by atoms with Crippen molar-refractivity contribution in [1.82, 2.24) is 4.90 Å². The van der Waals surface area contributed by atoms with Gasteiger partial charge in [0.05, 0.1) is 6.54 Å². The van der Waals surface area contributed by atoms with E-state index in [1.165, 1.54) is 4.90 Å². The SMILES string of the molecule is O=C(C(Cl)Cl)N1C=Cc2ccccc2C1. The van der Waals surface area contributed by atoms with Gasteiger partial charge in [-0.1, -0.05) is 47.5 Å². The predicted molar refractivity (Wildman–Crippen MR) is 61.5 cm³/mol. The van der Waals surface area contributed by atoms with Gasteiger partial charge in [0, 0.05) is 6.20 Å². The van der Waals surface area contributed by atoms with Gasteiger partial charge in [0.1, 0.15) is 0 Å². The van der Waals surface area contributed by atoms with E-state index in [9.17, 15) is 4.79 Å². The third-order valence-electron chi connectivity index (χ3n) is 2.30. The van der Waals surface area contributed by atoms with E-state index < -0.39 is 4.84 Å². The minimum absolute atomic E-state index is 0.288. The van der Waals surface area contributed by atoms with Crippen molar-refractivity contribution in [3.05, 3.63) is 41.6 Å². The van der Waals surface area contributed by atoms with E-state index in [1.807, 2.05) is 30.3 Å². The Morgan fingerprint density at radius 2 is 2.07 bits per heavy atom. The molecule has 4 heteroatoms. The molecule has 78 valence electrons. The fraction of sp³-hybridized carbons (Fsp3) is 0.182. The lowest BCUT2D eigenvalue weighted by atomic mass is 10.0. The monoisotopic (exact) mass is 241 g/mol. The highest BCUT2D eigenvalue weighted by Crippen LogP contribution is 2.21. The van der Waals surface area contributed by atoms with Crippen LogP contribution < -0.4 is 0 Å². The molecule has 2 nitrogen and oxygen atoms in total. The van der Waals surface area contributed by atoms with Gasteiger partial charge in [-0.05, 0) is 17.2 Å². The average Bonchev–Trinajstić information content (AvgIpc) is 2.27. The highest BCUT2D eigenvalue weighted by Gasteiger charge is 2.21. The quantitative estimate of drug-likeness (QED) is 0.693. The Hall–Kier alpha value is -0.990. The van der Waals surface area contributed by atoms with Gasteiger partial charge in [-0.25, -0.2) is 0 Å². The van der Waals surface area contributed by atoms with Crippen molar-refractivity contribution in [2.45, 2.75) is 11.4 Å². The molecule has 0 fully saturated rings. The number of carbonyl (C=O) groups is 1. The number of fused-ring (bicyclic) bond motifs is 1. The van der Waals surface area contributed by atoms with Crippen LogP contribution in [0.5, 0.6) is 0 Å². The summed E-state index contributed by atoms with van der Waals surface area (Å²) in [7, 11) is 0. The molecule has 1 aliphatic heterocycles. The van der Waals surface area contributed by atoms with E-state index in [1.54, 1.807) is 6.20 Å². The van der Waals surface area contributed by atoms with Crippen molar-refractivity contribution in [2.75, 3.05) is 0 Å². The second-order valence-electron chi connectivity index (χ2n) is 3.28. The van der Waals surface area contributed by atoms with Crippen molar-refractivity contribution in [2.24, 2.45) is 0 Å². The number of nitrogens with zero attached hydrogens (tertiary/aromatic N) is 1. The lowest BCUT2D eigenvalue weighted by molar-refractivity contribution is -0.127. The second kappa shape index (κ2) is 4.25. The molecule has 0 unspecified atom stereocenters. The Labute approximate surface area is 98.1 Å². The first-order valence-electron chi connectivity index (χ1n) is 4.53. The van der Waals surface area contributed by atoms with E-state index in [2.05, 4.69) is 0 Å². The number of carbonyl (C=O) groups excluding carboxylic acids is 1. The van der Waals surface area contributed by atoms with Crippen LogP contribution in [0, 0.1) is 0 Å². The van der Waals surface area contributed by atoms with Crippen LogP contribution in [0.25, 0.3) is 6.08 Å². The smallest absolute Gasteiger partial charge is 0.260 e. The summed E-state index contributed by atoms with van der Waals surface area (Å²) in [6, 6.07) is 7.90. The molecule has 2 rings (SSSR count). The van der Waals surface area contributed by atoms with Crippen molar-refractivity contribution in [3.8, 4) is 0 Å². The average molecular weight is 242 g/mol. The Bertz CT molecular complexity index is 415. The molecule has 0 radical (unpaired) electrons. The minimum atomic E-state index is -1.00. The van der Waals surface area contributed by atoms with Crippen LogP contribution >= 0.6 is 23.2 Å². The molecule has 0 spiro atoms. The molecular formula is C11H9Cl2NO. The van der Waals surface area contributed by atoms with Crippen LogP contribution in [0.2, 0.25) is 0 Å². The summed E-state index contributed by atoms with van der Waals surface area (Å²) in [5.74, 6) is -0.288. The van der Waals surface area contributed by atoms with Crippen LogP contribution in [0.4, 0.5) is 0 Å². The van der Waals surface area contributed by atoms with Gasteiger partial charge in [-0.3, -0.25) is 4.79 Å². The second-order valence-corrected chi connectivity index (χ2v) is 4.38. The molecular weight excluding hydrogens is 233 g/mol. The maximum atomic E-state index is 11.5. The van der Waals surface area contributed by atoms with E-state index in [-0.39, 0.29) is 5.91 Å². The molecule has 0 atom stereocenters. The standard InChI is InChI=1S/C11H9Cl2NO/c12-10(13)11(15)14-6-5-8-3-1-2-4-9(8)7-14/h1-6,10H,7H2. The Morgan fingerprint density at radius 1 is 1.33 bits per heavy atom. The number of halogens is 2. The Morgan fingerprint density at radius 3 is 2.80 bits per heavy atom. The van der Waals surface area contributed by atoms with Crippen LogP contribution in [-0.4, -0.2) is 15.6 Å². The fourth-order valence-corrected chi connectivity index (χ4v) is 1.77. The Kier molecular flexibility index (Phi) is 2.98. The summed E-state index contributed by atoms with van der Waals surface area (Å²) in [6.45, 7) is 0.529. The molecule has 0 saturated carbocycles. The third-order valence-corrected chi connectivity index (χ3v) is 2.67. The maximum Gasteiger partial charge on any atom is 0.260 e. The van der Waals surface area contributed by atoms with Crippen molar-refractivity contribution >= 4 is 35.2 Å². The molecule has 1 aliphatic rings. The highest BCUT2D eigenvalue weighted by molar-refractivity contribution is 6.53. The number of benzene rings is 1. The molecule has 1 aromatic rings. The maximum absolute atomic E-state index is 11.5. The van der Waals surface area contributed by atoms with Crippen molar-refractivity contribution in [1.29, 1.82) is 0 Å². The zero-order chi connectivity index (χ0) is 10.8. The van der Waals surface area contributed by atoms with Crippen LogP contribution in [0.1, 0.15) is 11.1 Å². The summed E-state index contributed by atoms with van der Waals surface area (Å²) in [5.41, 5.74) is 2.23. The fourth-order valence-electron chi connectivity index (χ4n) is 1.52. The molecule has 0 bridgehead atoms. The number of hydrogen-bond acceptors (Lipinski definition) is 1. The molecule has 1 aromatic carbocycles. The normalized spacial score (nSPS) is 14.2. The number of rotatable bonds is 1. The summed E-state index contributed by atoms with van der Waals surface area (Å²) in [4.78, 5) is 12.0.